The Morgan fingerprint density at radius 3 is 2.31 bits per heavy atom. The molecule has 2 aromatic heterocycles. The van der Waals surface area contributed by atoms with Crippen LogP contribution >= 0.6 is 0 Å². The van der Waals surface area contributed by atoms with E-state index in [4.69, 9.17) is 14.2 Å². The van der Waals surface area contributed by atoms with Crippen LogP contribution in [0.4, 0.5) is 10.5 Å². The van der Waals surface area contributed by atoms with Crippen molar-refractivity contribution in [3.8, 4) is 23.2 Å². The third-order valence-corrected chi connectivity index (χ3v) is 7.42. The number of para-hydroxylation sites is 1. The van der Waals surface area contributed by atoms with Crippen molar-refractivity contribution in [2.75, 3.05) is 18.2 Å². The highest BCUT2D eigenvalue weighted by atomic mass is 32.2. The molecule has 45 heavy (non-hydrogen) atoms. The number of hydrogen-bond acceptors (Lipinski definition) is 10. The molecule has 13 nitrogen and oxygen atoms in total. The molecule has 1 atom stereocenters. The molecular formula is C31H29N5O8S. The minimum Gasteiger partial charge on any atom is -0.479 e. The van der Waals surface area contributed by atoms with Crippen LogP contribution in [0.3, 0.4) is 0 Å². The van der Waals surface area contributed by atoms with E-state index < -0.39 is 44.5 Å². The van der Waals surface area contributed by atoms with Gasteiger partial charge < -0.3 is 19.5 Å². The smallest absolute Gasteiger partial charge is 0.347 e. The number of fused-ring (bicyclic) bond motifs is 1. The summed E-state index contributed by atoms with van der Waals surface area (Å²) in [6, 6.07) is 20.0. The molecule has 0 spiro atoms. The van der Waals surface area contributed by atoms with Gasteiger partial charge in [0.05, 0.1) is 12.3 Å². The molecule has 0 saturated heterocycles. The van der Waals surface area contributed by atoms with E-state index in [9.17, 15) is 22.8 Å². The van der Waals surface area contributed by atoms with Gasteiger partial charge in [0.15, 0.2) is 26.6 Å². The van der Waals surface area contributed by atoms with Gasteiger partial charge in [0, 0.05) is 11.9 Å². The van der Waals surface area contributed by atoms with Crippen LogP contribution < -0.4 is 20.3 Å². The lowest BCUT2D eigenvalue weighted by molar-refractivity contribution is -0.150. The summed E-state index contributed by atoms with van der Waals surface area (Å²) in [6.45, 7) is 5.29. The Balaban J connectivity index is 1.64. The van der Waals surface area contributed by atoms with Crippen molar-refractivity contribution < 1.29 is 32.2 Å². The van der Waals surface area contributed by atoms with E-state index in [1.165, 1.54) is 28.9 Å². The molecule has 5 rings (SSSR count). The molecule has 0 fully saturated rings. The summed E-state index contributed by atoms with van der Waals surface area (Å²) in [5, 5.41) is 5.93. The van der Waals surface area contributed by atoms with Gasteiger partial charge in [-0.1, -0.05) is 30.3 Å². The number of rotatable bonds is 9. The quantitative estimate of drug-likeness (QED) is 0.229. The van der Waals surface area contributed by atoms with Crippen LogP contribution in [0.1, 0.15) is 19.4 Å². The predicted octanol–water partition coefficient (Wildman–Crippen LogP) is 4.50. The summed E-state index contributed by atoms with van der Waals surface area (Å²) in [5.74, 6) is -0.0353. The van der Waals surface area contributed by atoms with Gasteiger partial charge in [-0.2, -0.15) is 14.6 Å². The first-order chi connectivity index (χ1) is 21.5. The summed E-state index contributed by atoms with van der Waals surface area (Å²) in [5.41, 5.74) is 0.525. The van der Waals surface area contributed by atoms with Crippen molar-refractivity contribution >= 4 is 38.6 Å². The molecule has 5 aromatic rings. The molecule has 14 heteroatoms. The number of carbonyl (C=O) groups is 2. The van der Waals surface area contributed by atoms with Gasteiger partial charge in [0.2, 0.25) is 0 Å². The highest BCUT2D eigenvalue weighted by Crippen LogP contribution is 2.28. The molecule has 0 radical (unpaired) electrons. The Bertz CT molecular complexity index is 2060. The van der Waals surface area contributed by atoms with E-state index in [0.29, 0.717) is 21.7 Å². The van der Waals surface area contributed by atoms with Gasteiger partial charge in [-0.15, -0.1) is 0 Å². The van der Waals surface area contributed by atoms with Crippen molar-refractivity contribution in [1.82, 2.24) is 19.3 Å². The fourth-order valence-corrected chi connectivity index (χ4v) is 5.16. The number of aryl methyl sites for hydroxylation is 1. The lowest BCUT2D eigenvalue weighted by Gasteiger charge is -2.15. The second-order valence-electron chi connectivity index (χ2n) is 9.94. The van der Waals surface area contributed by atoms with E-state index >= 15 is 0 Å². The van der Waals surface area contributed by atoms with Gasteiger partial charge in [-0.25, -0.2) is 22.7 Å². The van der Waals surface area contributed by atoms with Crippen LogP contribution in [0, 0.1) is 6.92 Å². The van der Waals surface area contributed by atoms with Crippen LogP contribution in [0.2, 0.25) is 0 Å². The lowest BCUT2D eigenvalue weighted by atomic mass is 10.2. The Hall–Kier alpha value is -5.50. The molecule has 0 saturated carbocycles. The topological polar surface area (TPSA) is 161 Å². The first-order valence-electron chi connectivity index (χ1n) is 13.8. The summed E-state index contributed by atoms with van der Waals surface area (Å²) >= 11 is 0. The van der Waals surface area contributed by atoms with Crippen LogP contribution in [0.5, 0.6) is 17.5 Å². The second kappa shape index (κ2) is 12.6. The summed E-state index contributed by atoms with van der Waals surface area (Å²) in [4.78, 5) is 44.1. The first-order valence-corrected chi connectivity index (χ1v) is 15.7. The standard InChI is InChI=1S/C31H29N5O8S/c1-5-42-29(38)20(3)43-23-14-16-24(17-15-23)44-31-33-26-25(27(45(4,40)41)34-36(26)22-12-7-6-8-13-22)28(37)35(31)30(39)32-21-11-9-10-19(2)18-21/h6-18,20H,5H2,1-4H3,(H,32,39). The zero-order valence-corrected chi connectivity index (χ0v) is 25.6. The van der Waals surface area contributed by atoms with Crippen LogP contribution in [-0.4, -0.2) is 58.7 Å². The fourth-order valence-electron chi connectivity index (χ4n) is 4.38. The number of aromatic nitrogens is 4. The maximum Gasteiger partial charge on any atom is 0.347 e. The molecule has 1 unspecified atom stereocenters. The average Bonchev–Trinajstić information content (AvgIpc) is 3.39. The molecule has 0 aliphatic carbocycles. The number of esters is 1. The first kappa shape index (κ1) is 30.9. The van der Waals surface area contributed by atoms with Crippen molar-refractivity contribution in [1.29, 1.82) is 0 Å². The molecule has 1 N–H and O–H groups in total. The zero-order valence-electron chi connectivity index (χ0n) is 24.8. The molecule has 2 heterocycles. The van der Waals surface area contributed by atoms with Crippen LogP contribution in [-0.2, 0) is 19.4 Å². The third kappa shape index (κ3) is 6.70. The van der Waals surface area contributed by atoms with Crippen LogP contribution in [0.15, 0.2) is 88.7 Å². The maximum absolute atomic E-state index is 14.0. The normalized spacial score (nSPS) is 12.0. The summed E-state index contributed by atoms with van der Waals surface area (Å²) in [7, 11) is -4.05. The van der Waals surface area contributed by atoms with Crippen molar-refractivity contribution in [2.45, 2.75) is 31.9 Å². The fraction of sp³-hybridized carbons (Fsp3) is 0.194. The highest BCUT2D eigenvalue weighted by molar-refractivity contribution is 7.90. The molecular weight excluding hydrogens is 602 g/mol. The average molecular weight is 632 g/mol. The lowest BCUT2D eigenvalue weighted by Crippen LogP contribution is -2.33. The second-order valence-corrected chi connectivity index (χ2v) is 11.9. The number of ether oxygens (including phenoxy) is 3. The molecule has 0 aliphatic rings. The van der Waals surface area contributed by atoms with E-state index in [-0.39, 0.29) is 23.4 Å². The minimum absolute atomic E-state index is 0.135. The maximum atomic E-state index is 14.0. The van der Waals surface area contributed by atoms with Crippen molar-refractivity contribution in [3.63, 3.8) is 0 Å². The van der Waals surface area contributed by atoms with Gasteiger partial charge >= 0.3 is 18.0 Å². The van der Waals surface area contributed by atoms with Crippen molar-refractivity contribution in [2.24, 2.45) is 0 Å². The monoisotopic (exact) mass is 631 g/mol. The predicted molar refractivity (Wildman–Crippen MR) is 165 cm³/mol. The third-order valence-electron chi connectivity index (χ3n) is 6.43. The Kier molecular flexibility index (Phi) is 8.68. The van der Waals surface area contributed by atoms with Gasteiger partial charge in [-0.05, 0) is 74.9 Å². The molecule has 0 bridgehead atoms. The summed E-state index contributed by atoms with van der Waals surface area (Å²) in [6.07, 6.45) is 0.0518. The van der Waals surface area contributed by atoms with E-state index in [1.807, 2.05) is 13.0 Å². The van der Waals surface area contributed by atoms with Crippen LogP contribution in [0.25, 0.3) is 16.7 Å². The number of hydrogen-bond donors (Lipinski definition) is 1. The number of benzene rings is 3. The SMILES string of the molecule is CCOC(=O)C(C)Oc1ccc(Oc2nc3c(c(S(C)(=O)=O)nn3-c3ccccc3)c(=O)n2C(=O)Nc2cccc(C)c2)cc1. The van der Waals surface area contributed by atoms with E-state index in [2.05, 4.69) is 15.4 Å². The number of anilines is 1. The number of nitrogens with one attached hydrogen (secondary N) is 1. The summed E-state index contributed by atoms with van der Waals surface area (Å²) < 4.78 is 43.9. The molecule has 0 aliphatic heterocycles. The number of sulfone groups is 1. The highest BCUT2D eigenvalue weighted by Gasteiger charge is 2.29. The molecule has 3 aromatic carbocycles. The number of carbonyl (C=O) groups excluding carboxylic acids is 2. The largest absolute Gasteiger partial charge is 0.479 e. The Morgan fingerprint density at radius 1 is 0.978 bits per heavy atom. The Labute approximate surface area is 257 Å². The van der Waals surface area contributed by atoms with E-state index in [0.717, 1.165) is 11.8 Å². The minimum atomic E-state index is -4.05. The molecule has 232 valence electrons. The number of nitrogens with zero attached hydrogens (tertiary/aromatic N) is 4. The van der Waals surface area contributed by atoms with E-state index in [1.54, 1.807) is 62.4 Å². The van der Waals surface area contributed by atoms with Gasteiger partial charge in [0.25, 0.3) is 5.56 Å². The van der Waals surface area contributed by atoms with Gasteiger partial charge in [0.1, 0.15) is 16.9 Å². The number of amides is 1. The van der Waals surface area contributed by atoms with Gasteiger partial charge in [-0.3, -0.25) is 4.79 Å². The Morgan fingerprint density at radius 2 is 1.67 bits per heavy atom. The zero-order chi connectivity index (χ0) is 32.3. The molecule has 1 amide bonds. The van der Waals surface area contributed by atoms with Crippen molar-refractivity contribution in [3.05, 3.63) is 94.8 Å².